The Kier molecular flexibility index (Phi) is 5.19. The number of likely N-dealkylation sites (N-methyl/N-ethyl adjacent to an activating group) is 1. The van der Waals surface area contributed by atoms with Gasteiger partial charge in [0.05, 0.1) is 13.2 Å². The molecule has 1 amide bonds. The molecule has 0 aromatic heterocycles. The average molecular weight is 270 g/mol. The van der Waals surface area contributed by atoms with Gasteiger partial charge in [0.1, 0.15) is 6.61 Å². The number of carbonyl (C=O) groups is 1. The fourth-order valence-electron chi connectivity index (χ4n) is 3.23. The van der Waals surface area contributed by atoms with E-state index >= 15 is 0 Å². The average Bonchev–Trinajstić information content (AvgIpc) is 2.61. The van der Waals surface area contributed by atoms with Gasteiger partial charge in [-0.3, -0.25) is 4.79 Å². The van der Waals surface area contributed by atoms with Crippen molar-refractivity contribution in [2.75, 3.05) is 59.7 Å². The van der Waals surface area contributed by atoms with Gasteiger partial charge in [0, 0.05) is 38.7 Å². The highest BCUT2D eigenvalue weighted by atomic mass is 16.5. The predicted octanol–water partition coefficient (Wildman–Crippen LogP) is 0.594. The summed E-state index contributed by atoms with van der Waals surface area (Å²) >= 11 is 0. The molecule has 2 rings (SSSR count). The molecular formula is C14H26N2O3. The number of hydrogen-bond donors (Lipinski definition) is 0. The van der Waals surface area contributed by atoms with Crippen molar-refractivity contribution in [3.63, 3.8) is 0 Å². The molecule has 0 unspecified atom stereocenters. The molecule has 110 valence electrons. The summed E-state index contributed by atoms with van der Waals surface area (Å²) in [4.78, 5) is 16.4. The van der Waals surface area contributed by atoms with Crippen LogP contribution in [0.3, 0.4) is 0 Å². The molecule has 5 heteroatoms. The van der Waals surface area contributed by atoms with E-state index in [1.807, 2.05) is 4.90 Å². The third-order valence-corrected chi connectivity index (χ3v) is 4.25. The van der Waals surface area contributed by atoms with Gasteiger partial charge in [-0.05, 0) is 19.4 Å². The molecule has 0 radical (unpaired) electrons. The van der Waals surface area contributed by atoms with Gasteiger partial charge in [-0.1, -0.05) is 6.92 Å². The lowest BCUT2D eigenvalue weighted by atomic mass is 9.80. The Labute approximate surface area is 115 Å². The minimum atomic E-state index is 0.105. The molecule has 1 spiro atoms. The van der Waals surface area contributed by atoms with Gasteiger partial charge in [-0.15, -0.1) is 0 Å². The van der Waals surface area contributed by atoms with Crippen molar-refractivity contribution >= 4 is 5.91 Å². The molecule has 2 heterocycles. The van der Waals surface area contributed by atoms with Gasteiger partial charge in [0.15, 0.2) is 0 Å². The zero-order chi connectivity index (χ0) is 13.7. The number of amides is 1. The fraction of sp³-hybridized carbons (Fsp3) is 0.929. The SMILES string of the molecule is CCN1CCOC[C@]2(CCCN(C(=O)COC)C2)C1. The standard InChI is InChI=1S/C14H26N2O3/c1-3-15-7-8-19-12-14(10-15)5-4-6-16(11-14)13(17)9-18-2/h3-12H2,1-2H3/t14-/m1/s1. The summed E-state index contributed by atoms with van der Waals surface area (Å²) in [5, 5.41) is 0. The number of hydrogen-bond acceptors (Lipinski definition) is 4. The first-order valence-electron chi connectivity index (χ1n) is 7.26. The molecule has 2 aliphatic heterocycles. The Balaban J connectivity index is 2.02. The highest BCUT2D eigenvalue weighted by Gasteiger charge is 2.39. The number of methoxy groups -OCH3 is 1. The first kappa shape index (κ1) is 14.8. The highest BCUT2D eigenvalue weighted by molar-refractivity contribution is 5.77. The molecule has 19 heavy (non-hydrogen) atoms. The van der Waals surface area contributed by atoms with Gasteiger partial charge >= 0.3 is 0 Å². The minimum absolute atomic E-state index is 0.105. The summed E-state index contributed by atoms with van der Waals surface area (Å²) in [6.07, 6.45) is 2.22. The number of nitrogens with zero attached hydrogens (tertiary/aromatic N) is 2. The highest BCUT2D eigenvalue weighted by Crippen LogP contribution is 2.32. The zero-order valence-electron chi connectivity index (χ0n) is 12.2. The summed E-state index contributed by atoms with van der Waals surface area (Å²) < 4.78 is 10.8. The second kappa shape index (κ2) is 6.68. The fourth-order valence-corrected chi connectivity index (χ4v) is 3.23. The topological polar surface area (TPSA) is 42.0 Å². The number of carbonyl (C=O) groups excluding carboxylic acids is 1. The van der Waals surface area contributed by atoms with Crippen LogP contribution in [0.1, 0.15) is 19.8 Å². The van der Waals surface area contributed by atoms with Crippen LogP contribution in [0.15, 0.2) is 0 Å². The van der Waals surface area contributed by atoms with Crippen LogP contribution in [0.25, 0.3) is 0 Å². The summed E-state index contributed by atoms with van der Waals surface area (Å²) in [7, 11) is 1.57. The first-order chi connectivity index (χ1) is 9.19. The number of piperidine rings is 1. The summed E-state index contributed by atoms with van der Waals surface area (Å²) in [6, 6.07) is 0. The van der Waals surface area contributed by atoms with Crippen molar-refractivity contribution in [3.8, 4) is 0 Å². The van der Waals surface area contributed by atoms with Gasteiger partial charge in [0.25, 0.3) is 0 Å². The summed E-state index contributed by atoms with van der Waals surface area (Å²) in [5.74, 6) is 0.105. The number of ether oxygens (including phenoxy) is 2. The first-order valence-corrected chi connectivity index (χ1v) is 7.26. The largest absolute Gasteiger partial charge is 0.379 e. The Morgan fingerprint density at radius 3 is 2.95 bits per heavy atom. The van der Waals surface area contributed by atoms with Crippen molar-refractivity contribution in [1.29, 1.82) is 0 Å². The van der Waals surface area contributed by atoms with E-state index in [4.69, 9.17) is 9.47 Å². The van der Waals surface area contributed by atoms with Gasteiger partial charge in [-0.25, -0.2) is 0 Å². The molecule has 5 nitrogen and oxygen atoms in total. The summed E-state index contributed by atoms with van der Waals surface area (Å²) in [6.45, 7) is 8.73. The van der Waals surface area contributed by atoms with Crippen LogP contribution in [-0.4, -0.2) is 75.4 Å². The Morgan fingerprint density at radius 2 is 2.21 bits per heavy atom. The second-order valence-electron chi connectivity index (χ2n) is 5.77. The van der Waals surface area contributed by atoms with E-state index < -0.39 is 0 Å². The maximum absolute atomic E-state index is 12.0. The van der Waals surface area contributed by atoms with Crippen molar-refractivity contribution in [2.24, 2.45) is 5.41 Å². The van der Waals surface area contributed by atoms with Crippen LogP contribution in [0.4, 0.5) is 0 Å². The lowest BCUT2D eigenvalue weighted by Gasteiger charge is -2.43. The van der Waals surface area contributed by atoms with E-state index in [0.29, 0.717) is 0 Å². The maximum Gasteiger partial charge on any atom is 0.248 e. The molecule has 2 fully saturated rings. The molecular weight excluding hydrogens is 244 g/mol. The molecule has 1 atom stereocenters. The second-order valence-corrected chi connectivity index (χ2v) is 5.77. The van der Waals surface area contributed by atoms with Crippen molar-refractivity contribution in [3.05, 3.63) is 0 Å². The Bertz CT molecular complexity index is 311. The van der Waals surface area contributed by atoms with E-state index in [1.54, 1.807) is 7.11 Å². The number of rotatable bonds is 3. The van der Waals surface area contributed by atoms with E-state index in [9.17, 15) is 4.79 Å². The third-order valence-electron chi connectivity index (χ3n) is 4.25. The molecule has 0 saturated carbocycles. The van der Waals surface area contributed by atoms with E-state index in [2.05, 4.69) is 11.8 Å². The number of likely N-dealkylation sites (tertiary alicyclic amines) is 1. The van der Waals surface area contributed by atoms with Crippen LogP contribution in [0.5, 0.6) is 0 Å². The quantitative estimate of drug-likeness (QED) is 0.753. The third kappa shape index (κ3) is 3.68. The van der Waals surface area contributed by atoms with Gasteiger partial charge in [-0.2, -0.15) is 0 Å². The molecule has 0 bridgehead atoms. The molecule has 0 aliphatic carbocycles. The Morgan fingerprint density at radius 1 is 1.37 bits per heavy atom. The lowest BCUT2D eigenvalue weighted by molar-refractivity contribution is -0.139. The predicted molar refractivity (Wildman–Crippen MR) is 73.1 cm³/mol. The van der Waals surface area contributed by atoms with Gasteiger partial charge < -0.3 is 19.3 Å². The minimum Gasteiger partial charge on any atom is -0.379 e. The van der Waals surface area contributed by atoms with Crippen molar-refractivity contribution in [2.45, 2.75) is 19.8 Å². The maximum atomic E-state index is 12.0. The van der Waals surface area contributed by atoms with Crippen LogP contribution < -0.4 is 0 Å². The van der Waals surface area contributed by atoms with Gasteiger partial charge in [0.2, 0.25) is 5.91 Å². The molecule has 0 aromatic rings. The van der Waals surface area contributed by atoms with E-state index in [-0.39, 0.29) is 17.9 Å². The monoisotopic (exact) mass is 270 g/mol. The van der Waals surface area contributed by atoms with E-state index in [1.165, 1.54) is 0 Å². The van der Waals surface area contributed by atoms with Crippen LogP contribution in [0.2, 0.25) is 0 Å². The smallest absolute Gasteiger partial charge is 0.248 e. The van der Waals surface area contributed by atoms with Crippen molar-refractivity contribution < 1.29 is 14.3 Å². The normalized spacial score (nSPS) is 29.5. The van der Waals surface area contributed by atoms with Crippen LogP contribution in [-0.2, 0) is 14.3 Å². The van der Waals surface area contributed by atoms with Crippen molar-refractivity contribution in [1.82, 2.24) is 9.80 Å². The summed E-state index contributed by atoms with van der Waals surface area (Å²) in [5.41, 5.74) is 0.119. The van der Waals surface area contributed by atoms with Crippen LogP contribution >= 0.6 is 0 Å². The van der Waals surface area contributed by atoms with Crippen LogP contribution in [0, 0.1) is 5.41 Å². The molecule has 0 N–H and O–H groups in total. The molecule has 0 aromatic carbocycles. The Hall–Kier alpha value is -0.650. The molecule has 2 aliphatic rings. The lowest BCUT2D eigenvalue weighted by Crippen LogP contribution is -2.52. The van der Waals surface area contributed by atoms with E-state index in [0.717, 1.165) is 58.8 Å². The molecule has 2 saturated heterocycles. The zero-order valence-corrected chi connectivity index (χ0v) is 12.2.